The van der Waals surface area contributed by atoms with Crippen LogP contribution in [0.25, 0.3) is 22.3 Å². The highest BCUT2D eigenvalue weighted by molar-refractivity contribution is 5.73. The molecule has 0 aliphatic carbocycles. The Morgan fingerprint density at radius 3 is 1.24 bits per heavy atom. The lowest BCUT2D eigenvalue weighted by Gasteiger charge is -2.19. The molecule has 37 heavy (non-hydrogen) atoms. The Labute approximate surface area is 226 Å². The highest BCUT2D eigenvalue weighted by Gasteiger charge is 2.14. The van der Waals surface area contributed by atoms with E-state index in [1.807, 2.05) is 0 Å². The molecule has 0 aliphatic heterocycles. The summed E-state index contributed by atoms with van der Waals surface area (Å²) in [5, 5.41) is 0. The normalized spacial score (nSPS) is 11.0. The van der Waals surface area contributed by atoms with Gasteiger partial charge in [-0.2, -0.15) is 0 Å². The minimum absolute atomic E-state index is 0.547. The van der Waals surface area contributed by atoms with Gasteiger partial charge >= 0.3 is 0 Å². The summed E-state index contributed by atoms with van der Waals surface area (Å²) in [6.45, 7) is 22.2. The van der Waals surface area contributed by atoms with E-state index in [1.165, 1.54) is 66.8 Å². The molecule has 0 heterocycles. The van der Waals surface area contributed by atoms with Crippen molar-refractivity contribution in [3.05, 3.63) is 117 Å². The van der Waals surface area contributed by atoms with E-state index in [9.17, 15) is 0 Å². The fourth-order valence-electron chi connectivity index (χ4n) is 5.20. The SMILES string of the molecule is CCc1cc(C)ccc1-c1ccc(C)cc1C.Cc1ccc(-c2ccc(C)cc2C(C)C)c(C(C)C)c1. The first-order valence-electron chi connectivity index (χ1n) is 13.9. The van der Waals surface area contributed by atoms with Crippen LogP contribution in [-0.2, 0) is 6.42 Å². The van der Waals surface area contributed by atoms with Crippen molar-refractivity contribution in [3.8, 4) is 22.3 Å². The number of aryl methyl sites for hydroxylation is 6. The minimum Gasteiger partial charge on any atom is -0.0613 e. The summed E-state index contributed by atoms with van der Waals surface area (Å²) in [6.07, 6.45) is 1.09. The molecule has 0 saturated carbocycles. The van der Waals surface area contributed by atoms with Gasteiger partial charge in [-0.15, -0.1) is 0 Å². The Hall–Kier alpha value is -3.12. The van der Waals surface area contributed by atoms with Gasteiger partial charge in [0.2, 0.25) is 0 Å². The van der Waals surface area contributed by atoms with Crippen LogP contribution in [0.4, 0.5) is 0 Å². The maximum Gasteiger partial charge on any atom is -0.0146 e. The molecule has 0 bridgehead atoms. The standard InChI is InChI=1S/C20H26.C17H20/c1-13(2)19-11-15(5)7-9-17(19)18-10-8-16(6)12-20(18)14(3)4;1-5-15-11-13(3)7-9-17(15)16-8-6-12(2)10-14(16)4/h7-14H,1-6H3;6-11H,5H2,1-4H3. The minimum atomic E-state index is 0.547. The largest absolute Gasteiger partial charge is 0.0613 e. The maximum atomic E-state index is 2.34. The van der Waals surface area contributed by atoms with Crippen molar-refractivity contribution in [2.75, 3.05) is 0 Å². The van der Waals surface area contributed by atoms with Crippen molar-refractivity contribution in [3.63, 3.8) is 0 Å². The Balaban J connectivity index is 0.000000208. The topological polar surface area (TPSA) is 0 Å². The van der Waals surface area contributed by atoms with Crippen molar-refractivity contribution >= 4 is 0 Å². The first-order chi connectivity index (χ1) is 17.5. The third-order valence-electron chi connectivity index (χ3n) is 7.26. The zero-order valence-electron chi connectivity index (χ0n) is 24.8. The first kappa shape index (κ1) is 28.5. The van der Waals surface area contributed by atoms with Crippen molar-refractivity contribution < 1.29 is 0 Å². The van der Waals surface area contributed by atoms with E-state index in [0.29, 0.717) is 11.8 Å². The molecule has 0 aromatic heterocycles. The third kappa shape index (κ3) is 7.01. The van der Waals surface area contributed by atoms with Crippen LogP contribution >= 0.6 is 0 Å². The van der Waals surface area contributed by atoms with E-state index in [1.54, 1.807) is 0 Å². The highest BCUT2D eigenvalue weighted by atomic mass is 14.2. The summed E-state index contributed by atoms with van der Waals surface area (Å²) in [5.74, 6) is 1.09. The quantitative estimate of drug-likeness (QED) is 0.261. The van der Waals surface area contributed by atoms with Crippen LogP contribution < -0.4 is 0 Å². The fraction of sp³-hybridized carbons (Fsp3) is 0.351. The average molecular weight is 491 g/mol. The molecule has 0 atom stereocenters. The van der Waals surface area contributed by atoms with Crippen molar-refractivity contribution in [1.82, 2.24) is 0 Å². The molecule has 0 unspecified atom stereocenters. The molecule has 0 heteroatoms. The van der Waals surface area contributed by atoms with Gasteiger partial charge in [0.15, 0.2) is 0 Å². The lowest BCUT2D eigenvalue weighted by molar-refractivity contribution is 0.855. The van der Waals surface area contributed by atoms with E-state index >= 15 is 0 Å². The van der Waals surface area contributed by atoms with Crippen LogP contribution in [0.2, 0.25) is 0 Å². The van der Waals surface area contributed by atoms with Gasteiger partial charge in [0.1, 0.15) is 0 Å². The molecule has 0 spiro atoms. The lowest BCUT2D eigenvalue weighted by Crippen LogP contribution is -1.98. The van der Waals surface area contributed by atoms with Crippen LogP contribution in [0.15, 0.2) is 72.8 Å². The van der Waals surface area contributed by atoms with Gasteiger partial charge in [0, 0.05) is 0 Å². The second kappa shape index (κ2) is 12.4. The highest BCUT2D eigenvalue weighted by Crippen LogP contribution is 2.35. The van der Waals surface area contributed by atoms with E-state index in [2.05, 4.69) is 142 Å². The summed E-state index contributed by atoms with van der Waals surface area (Å²) in [4.78, 5) is 0. The Morgan fingerprint density at radius 2 is 0.838 bits per heavy atom. The molecular formula is C37H46. The molecule has 0 fully saturated rings. The lowest BCUT2D eigenvalue weighted by atomic mass is 9.85. The summed E-state index contributed by atoms with van der Waals surface area (Å²) in [5.41, 5.74) is 16.6. The summed E-state index contributed by atoms with van der Waals surface area (Å²) < 4.78 is 0. The predicted octanol–water partition coefficient (Wildman–Crippen LogP) is 11.1. The number of hydrogen-bond acceptors (Lipinski definition) is 0. The molecule has 0 saturated heterocycles. The summed E-state index contributed by atoms with van der Waals surface area (Å²) in [6, 6.07) is 27.2. The van der Waals surface area contributed by atoms with Gasteiger partial charge in [0.25, 0.3) is 0 Å². The third-order valence-corrected chi connectivity index (χ3v) is 7.26. The molecule has 0 aliphatic rings. The molecule has 0 radical (unpaired) electrons. The van der Waals surface area contributed by atoms with E-state index in [0.717, 1.165) is 6.42 Å². The molecule has 0 amide bonds. The van der Waals surface area contributed by atoms with Gasteiger partial charge in [-0.1, -0.05) is 130 Å². The smallest absolute Gasteiger partial charge is 0.0146 e. The molecular weight excluding hydrogens is 444 g/mol. The Bertz CT molecular complexity index is 1300. The van der Waals surface area contributed by atoms with E-state index in [-0.39, 0.29) is 0 Å². The van der Waals surface area contributed by atoms with Crippen molar-refractivity contribution in [2.45, 2.75) is 87.5 Å². The number of hydrogen-bond donors (Lipinski definition) is 0. The van der Waals surface area contributed by atoms with Gasteiger partial charge < -0.3 is 0 Å². The zero-order valence-corrected chi connectivity index (χ0v) is 24.8. The molecule has 0 nitrogen and oxygen atoms in total. The van der Waals surface area contributed by atoms with Crippen LogP contribution in [0.5, 0.6) is 0 Å². The second-order valence-electron chi connectivity index (χ2n) is 11.3. The van der Waals surface area contributed by atoms with Gasteiger partial charge in [0.05, 0.1) is 0 Å². The zero-order chi connectivity index (χ0) is 27.3. The number of benzene rings is 4. The molecule has 4 rings (SSSR count). The predicted molar refractivity (Wildman–Crippen MR) is 165 cm³/mol. The Morgan fingerprint density at radius 1 is 0.459 bits per heavy atom. The van der Waals surface area contributed by atoms with E-state index in [4.69, 9.17) is 0 Å². The van der Waals surface area contributed by atoms with Crippen LogP contribution in [0, 0.1) is 34.6 Å². The van der Waals surface area contributed by atoms with Crippen LogP contribution in [-0.4, -0.2) is 0 Å². The fourth-order valence-corrected chi connectivity index (χ4v) is 5.20. The van der Waals surface area contributed by atoms with Crippen molar-refractivity contribution in [2.24, 2.45) is 0 Å². The van der Waals surface area contributed by atoms with Crippen LogP contribution in [0.3, 0.4) is 0 Å². The van der Waals surface area contributed by atoms with Gasteiger partial charge in [-0.25, -0.2) is 0 Å². The maximum absolute atomic E-state index is 2.34. The second-order valence-corrected chi connectivity index (χ2v) is 11.3. The van der Waals surface area contributed by atoms with Gasteiger partial charge in [-0.05, 0) is 97.4 Å². The monoisotopic (exact) mass is 490 g/mol. The van der Waals surface area contributed by atoms with Crippen molar-refractivity contribution in [1.29, 1.82) is 0 Å². The molecule has 0 N–H and O–H groups in total. The van der Waals surface area contributed by atoms with Gasteiger partial charge in [-0.3, -0.25) is 0 Å². The number of rotatable bonds is 5. The summed E-state index contributed by atoms with van der Waals surface area (Å²) in [7, 11) is 0. The first-order valence-corrected chi connectivity index (χ1v) is 13.9. The average Bonchev–Trinajstić information content (AvgIpc) is 2.85. The molecule has 4 aromatic carbocycles. The molecule has 4 aromatic rings. The van der Waals surface area contributed by atoms with E-state index < -0.39 is 0 Å². The van der Waals surface area contributed by atoms with Crippen LogP contribution in [0.1, 0.15) is 91.0 Å². The Kier molecular flexibility index (Phi) is 9.55. The molecule has 194 valence electrons. The summed E-state index contributed by atoms with van der Waals surface area (Å²) >= 11 is 0.